The molecule has 1 atom stereocenters. The third kappa shape index (κ3) is 3.19. The van der Waals surface area contributed by atoms with Gasteiger partial charge in [0, 0.05) is 34.9 Å². The zero-order valence-corrected chi connectivity index (χ0v) is 13.1. The standard InChI is InChI=1S/C14H19BrClNO/c1-9(2)13(7-16)17-8-11-6-12(15)5-10-3-4-18-14(10)11/h5-6,9,13,17H,3-4,7-8H2,1-2H3. The van der Waals surface area contributed by atoms with E-state index in [4.69, 9.17) is 16.3 Å². The third-order valence-electron chi connectivity index (χ3n) is 3.35. The SMILES string of the molecule is CC(C)C(CCl)NCc1cc(Br)cc2c1OCC2. The van der Waals surface area contributed by atoms with Gasteiger partial charge in [-0.1, -0.05) is 29.8 Å². The lowest BCUT2D eigenvalue weighted by atomic mass is 10.0. The van der Waals surface area contributed by atoms with E-state index < -0.39 is 0 Å². The molecule has 1 N–H and O–H groups in total. The molecular formula is C14H19BrClNO. The Hall–Kier alpha value is -0.250. The summed E-state index contributed by atoms with van der Waals surface area (Å²) < 4.78 is 6.84. The van der Waals surface area contributed by atoms with Gasteiger partial charge in [0.1, 0.15) is 5.75 Å². The molecule has 1 aromatic rings. The molecule has 4 heteroatoms. The average molecular weight is 333 g/mol. The van der Waals surface area contributed by atoms with E-state index in [0.717, 1.165) is 29.8 Å². The minimum atomic E-state index is 0.336. The second-order valence-electron chi connectivity index (χ2n) is 5.04. The summed E-state index contributed by atoms with van der Waals surface area (Å²) in [5.41, 5.74) is 2.51. The largest absolute Gasteiger partial charge is 0.493 e. The lowest BCUT2D eigenvalue weighted by Crippen LogP contribution is -2.35. The van der Waals surface area contributed by atoms with Gasteiger partial charge in [-0.15, -0.1) is 11.6 Å². The maximum Gasteiger partial charge on any atom is 0.127 e. The molecule has 1 aliphatic rings. The predicted molar refractivity (Wildman–Crippen MR) is 79.5 cm³/mol. The van der Waals surface area contributed by atoms with Crippen LogP contribution in [0.1, 0.15) is 25.0 Å². The normalized spacial score (nSPS) is 15.6. The van der Waals surface area contributed by atoms with E-state index in [1.165, 1.54) is 11.1 Å². The van der Waals surface area contributed by atoms with Gasteiger partial charge in [0.15, 0.2) is 0 Å². The maximum absolute atomic E-state index is 5.97. The summed E-state index contributed by atoms with van der Waals surface area (Å²) in [6.45, 7) is 5.96. The number of ether oxygens (including phenoxy) is 1. The van der Waals surface area contributed by atoms with Crippen molar-refractivity contribution in [2.45, 2.75) is 32.9 Å². The van der Waals surface area contributed by atoms with Crippen LogP contribution in [0.5, 0.6) is 5.75 Å². The van der Waals surface area contributed by atoms with Crippen LogP contribution in [0, 0.1) is 5.92 Å². The van der Waals surface area contributed by atoms with Gasteiger partial charge in [-0.25, -0.2) is 0 Å². The number of fused-ring (bicyclic) bond motifs is 1. The number of halogens is 2. The van der Waals surface area contributed by atoms with Crippen LogP contribution in [-0.2, 0) is 13.0 Å². The number of hydrogen-bond acceptors (Lipinski definition) is 2. The Bertz CT molecular complexity index is 423. The first-order valence-electron chi connectivity index (χ1n) is 6.35. The van der Waals surface area contributed by atoms with E-state index in [9.17, 15) is 0 Å². The number of nitrogens with one attached hydrogen (secondary N) is 1. The highest BCUT2D eigenvalue weighted by Crippen LogP contribution is 2.33. The van der Waals surface area contributed by atoms with E-state index in [0.29, 0.717) is 17.8 Å². The number of benzene rings is 1. The molecule has 0 amide bonds. The molecule has 0 aliphatic carbocycles. The Labute approximate surface area is 122 Å². The maximum atomic E-state index is 5.97. The van der Waals surface area contributed by atoms with Gasteiger partial charge in [0.2, 0.25) is 0 Å². The monoisotopic (exact) mass is 331 g/mol. The molecule has 1 heterocycles. The molecule has 0 saturated carbocycles. The molecule has 2 nitrogen and oxygen atoms in total. The summed E-state index contributed by atoms with van der Waals surface area (Å²) in [5, 5.41) is 3.51. The van der Waals surface area contributed by atoms with Crippen molar-refractivity contribution in [1.29, 1.82) is 0 Å². The van der Waals surface area contributed by atoms with Crippen LogP contribution in [0.25, 0.3) is 0 Å². The van der Waals surface area contributed by atoms with Crippen LogP contribution >= 0.6 is 27.5 Å². The topological polar surface area (TPSA) is 21.3 Å². The summed E-state index contributed by atoms with van der Waals surface area (Å²) in [7, 11) is 0. The number of hydrogen-bond donors (Lipinski definition) is 1. The van der Waals surface area contributed by atoms with Crippen molar-refractivity contribution < 1.29 is 4.74 Å². The van der Waals surface area contributed by atoms with Crippen LogP contribution in [0.15, 0.2) is 16.6 Å². The third-order valence-corrected chi connectivity index (χ3v) is 4.14. The average Bonchev–Trinajstić information content (AvgIpc) is 2.77. The van der Waals surface area contributed by atoms with Crippen molar-refractivity contribution in [3.63, 3.8) is 0 Å². The Balaban J connectivity index is 2.10. The molecule has 0 fully saturated rings. The fourth-order valence-corrected chi connectivity index (χ4v) is 3.20. The van der Waals surface area contributed by atoms with Gasteiger partial charge in [-0.2, -0.15) is 0 Å². The molecule has 1 aromatic carbocycles. The molecule has 0 spiro atoms. The van der Waals surface area contributed by atoms with Crippen molar-refractivity contribution in [3.8, 4) is 5.75 Å². The van der Waals surface area contributed by atoms with E-state index in [2.05, 4.69) is 47.2 Å². The highest BCUT2D eigenvalue weighted by molar-refractivity contribution is 9.10. The second kappa shape index (κ2) is 6.27. The fraction of sp³-hybridized carbons (Fsp3) is 0.571. The number of alkyl halides is 1. The minimum Gasteiger partial charge on any atom is -0.493 e. The molecule has 0 radical (unpaired) electrons. The molecule has 0 aromatic heterocycles. The lowest BCUT2D eigenvalue weighted by molar-refractivity contribution is 0.349. The summed E-state index contributed by atoms with van der Waals surface area (Å²) in [6, 6.07) is 4.61. The summed E-state index contributed by atoms with van der Waals surface area (Å²) in [4.78, 5) is 0. The summed E-state index contributed by atoms with van der Waals surface area (Å²) in [6.07, 6.45) is 1.00. The Morgan fingerprint density at radius 2 is 2.22 bits per heavy atom. The molecule has 1 unspecified atom stereocenters. The van der Waals surface area contributed by atoms with E-state index in [1.54, 1.807) is 0 Å². The molecule has 0 bridgehead atoms. The van der Waals surface area contributed by atoms with Gasteiger partial charge in [-0.05, 0) is 23.6 Å². The van der Waals surface area contributed by atoms with Gasteiger partial charge in [-0.3, -0.25) is 0 Å². The molecule has 18 heavy (non-hydrogen) atoms. The highest BCUT2D eigenvalue weighted by atomic mass is 79.9. The van der Waals surface area contributed by atoms with Gasteiger partial charge < -0.3 is 10.1 Å². The van der Waals surface area contributed by atoms with Crippen LogP contribution in [0.3, 0.4) is 0 Å². The van der Waals surface area contributed by atoms with Crippen LogP contribution in [0.2, 0.25) is 0 Å². The van der Waals surface area contributed by atoms with Crippen molar-refractivity contribution in [1.82, 2.24) is 5.32 Å². The molecule has 0 saturated heterocycles. The minimum absolute atomic E-state index is 0.336. The zero-order chi connectivity index (χ0) is 13.1. The Morgan fingerprint density at radius 1 is 1.44 bits per heavy atom. The molecule has 2 rings (SSSR count). The fourth-order valence-electron chi connectivity index (χ4n) is 2.19. The first-order chi connectivity index (χ1) is 8.61. The van der Waals surface area contributed by atoms with Crippen LogP contribution in [0.4, 0.5) is 0 Å². The van der Waals surface area contributed by atoms with E-state index >= 15 is 0 Å². The zero-order valence-electron chi connectivity index (χ0n) is 10.8. The Kier molecular flexibility index (Phi) is 4.93. The first-order valence-corrected chi connectivity index (χ1v) is 7.68. The highest BCUT2D eigenvalue weighted by Gasteiger charge is 2.18. The van der Waals surface area contributed by atoms with Gasteiger partial charge in [0.25, 0.3) is 0 Å². The molecule has 1 aliphatic heterocycles. The van der Waals surface area contributed by atoms with Crippen molar-refractivity contribution in [2.75, 3.05) is 12.5 Å². The number of rotatable bonds is 5. The lowest BCUT2D eigenvalue weighted by Gasteiger charge is -2.20. The quantitative estimate of drug-likeness (QED) is 0.829. The van der Waals surface area contributed by atoms with Gasteiger partial charge in [0.05, 0.1) is 6.61 Å². The van der Waals surface area contributed by atoms with E-state index in [-0.39, 0.29) is 0 Å². The van der Waals surface area contributed by atoms with Crippen molar-refractivity contribution >= 4 is 27.5 Å². The Morgan fingerprint density at radius 3 is 2.89 bits per heavy atom. The van der Waals surface area contributed by atoms with Crippen LogP contribution in [-0.4, -0.2) is 18.5 Å². The predicted octanol–water partition coefficient (Wildman–Crippen LogP) is 3.74. The molecular weight excluding hydrogens is 314 g/mol. The second-order valence-corrected chi connectivity index (χ2v) is 6.26. The van der Waals surface area contributed by atoms with Crippen molar-refractivity contribution in [2.24, 2.45) is 5.92 Å². The van der Waals surface area contributed by atoms with Crippen LogP contribution < -0.4 is 10.1 Å². The van der Waals surface area contributed by atoms with Gasteiger partial charge >= 0.3 is 0 Å². The molecule has 100 valence electrons. The summed E-state index contributed by atoms with van der Waals surface area (Å²) in [5.74, 6) is 2.22. The smallest absolute Gasteiger partial charge is 0.127 e. The summed E-state index contributed by atoms with van der Waals surface area (Å²) >= 11 is 9.53. The van der Waals surface area contributed by atoms with E-state index in [1.807, 2.05) is 0 Å². The first kappa shape index (κ1) is 14.2. The van der Waals surface area contributed by atoms with Crippen molar-refractivity contribution in [3.05, 3.63) is 27.7 Å².